The summed E-state index contributed by atoms with van der Waals surface area (Å²) in [6.07, 6.45) is 2.91. The fraction of sp³-hybridized carbons (Fsp3) is 0.500. The number of rotatable bonds is 8. The Bertz CT molecular complexity index is 583. The van der Waals surface area contributed by atoms with Gasteiger partial charge in [-0.1, -0.05) is 6.07 Å². The molecule has 1 N–H and O–H groups in total. The zero-order valence-corrected chi connectivity index (χ0v) is 13.3. The molecule has 0 saturated heterocycles. The molecule has 21 heavy (non-hydrogen) atoms. The van der Waals surface area contributed by atoms with Crippen LogP contribution in [0.4, 0.5) is 0 Å². The molecule has 0 radical (unpaired) electrons. The van der Waals surface area contributed by atoms with Crippen LogP contribution in [0, 0.1) is 0 Å². The molecular weight excluding hydrogens is 294 g/mol. The second-order valence-corrected chi connectivity index (χ2v) is 6.19. The van der Waals surface area contributed by atoms with E-state index in [1.165, 1.54) is 0 Å². The molecule has 7 heteroatoms. The van der Waals surface area contributed by atoms with E-state index in [9.17, 15) is 13.2 Å². The van der Waals surface area contributed by atoms with Crippen LogP contribution in [0.15, 0.2) is 18.2 Å². The molecule has 6 nitrogen and oxygen atoms in total. The van der Waals surface area contributed by atoms with Gasteiger partial charge in [-0.25, -0.2) is 0 Å². The summed E-state index contributed by atoms with van der Waals surface area (Å²) in [5.74, 6) is 0.483. The molecule has 1 aromatic rings. The van der Waals surface area contributed by atoms with Gasteiger partial charge in [-0.05, 0) is 31.4 Å². The van der Waals surface area contributed by atoms with Gasteiger partial charge in [0.15, 0.2) is 0 Å². The molecule has 0 fully saturated rings. The number of carbonyl (C=O) groups excluding carboxylic acids is 1. The standard InChI is InChI=1S/C14H21NO5S/c1-15-14(16)12-8-6-9-13(19-2)11(12)7-4-5-10-20-21(3,17)18/h6,8-9H,4-5,7,10H2,1-3H3,(H,15,16). The molecule has 0 unspecified atom stereocenters. The SMILES string of the molecule is CNC(=O)c1cccc(OC)c1CCCCOS(C)(=O)=O. The molecule has 0 heterocycles. The molecule has 0 bridgehead atoms. The van der Waals surface area contributed by atoms with Crippen LogP contribution in [0.2, 0.25) is 0 Å². The molecule has 0 saturated carbocycles. The number of nitrogens with one attached hydrogen (secondary N) is 1. The van der Waals surface area contributed by atoms with E-state index in [-0.39, 0.29) is 12.5 Å². The van der Waals surface area contributed by atoms with Crippen LogP contribution in [-0.4, -0.2) is 41.3 Å². The first-order valence-electron chi connectivity index (χ1n) is 6.61. The fourth-order valence-corrected chi connectivity index (χ4v) is 2.40. The van der Waals surface area contributed by atoms with Gasteiger partial charge in [0.2, 0.25) is 0 Å². The summed E-state index contributed by atoms with van der Waals surface area (Å²) >= 11 is 0. The zero-order chi connectivity index (χ0) is 15.9. The lowest BCUT2D eigenvalue weighted by Crippen LogP contribution is -2.20. The van der Waals surface area contributed by atoms with E-state index in [0.29, 0.717) is 30.6 Å². The largest absolute Gasteiger partial charge is 0.496 e. The zero-order valence-electron chi connectivity index (χ0n) is 12.5. The fourth-order valence-electron chi connectivity index (χ4n) is 1.98. The van der Waals surface area contributed by atoms with Crippen molar-refractivity contribution in [1.82, 2.24) is 5.32 Å². The first-order chi connectivity index (χ1) is 9.89. The van der Waals surface area contributed by atoms with Crippen LogP contribution >= 0.6 is 0 Å². The number of benzene rings is 1. The Labute approximate surface area is 125 Å². The summed E-state index contributed by atoms with van der Waals surface area (Å²) in [5.41, 5.74) is 1.39. The van der Waals surface area contributed by atoms with Crippen LogP contribution in [0.1, 0.15) is 28.8 Å². The van der Waals surface area contributed by atoms with E-state index < -0.39 is 10.1 Å². The van der Waals surface area contributed by atoms with Crippen molar-refractivity contribution in [2.24, 2.45) is 0 Å². The first-order valence-corrected chi connectivity index (χ1v) is 8.43. The average Bonchev–Trinajstić information content (AvgIpc) is 2.44. The van der Waals surface area contributed by atoms with Crippen molar-refractivity contribution in [1.29, 1.82) is 0 Å². The molecule has 0 aliphatic rings. The Hall–Kier alpha value is -1.60. The number of methoxy groups -OCH3 is 1. The van der Waals surface area contributed by atoms with Gasteiger partial charge < -0.3 is 10.1 Å². The van der Waals surface area contributed by atoms with Crippen molar-refractivity contribution in [3.05, 3.63) is 29.3 Å². The number of unbranched alkanes of at least 4 members (excludes halogenated alkanes) is 1. The lowest BCUT2D eigenvalue weighted by Gasteiger charge is -2.13. The molecule has 0 aliphatic heterocycles. The maximum absolute atomic E-state index is 11.9. The molecule has 0 aromatic heterocycles. The van der Waals surface area contributed by atoms with Gasteiger partial charge in [0.25, 0.3) is 16.0 Å². The number of ether oxygens (including phenoxy) is 1. The van der Waals surface area contributed by atoms with Gasteiger partial charge in [0.05, 0.1) is 20.0 Å². The summed E-state index contributed by atoms with van der Waals surface area (Å²) in [6.45, 7) is 0.142. The smallest absolute Gasteiger partial charge is 0.264 e. The summed E-state index contributed by atoms with van der Waals surface area (Å²) in [5, 5.41) is 2.60. The highest BCUT2D eigenvalue weighted by molar-refractivity contribution is 7.85. The van der Waals surface area contributed by atoms with Crippen molar-refractivity contribution in [3.8, 4) is 5.75 Å². The van der Waals surface area contributed by atoms with Crippen LogP contribution in [-0.2, 0) is 20.7 Å². The Balaban J connectivity index is 2.70. The minimum absolute atomic E-state index is 0.142. The van der Waals surface area contributed by atoms with E-state index >= 15 is 0 Å². The second kappa shape index (κ2) is 7.99. The quantitative estimate of drug-likeness (QED) is 0.578. The predicted molar refractivity (Wildman–Crippen MR) is 80.1 cm³/mol. The molecule has 118 valence electrons. The van der Waals surface area contributed by atoms with Gasteiger partial charge in [-0.3, -0.25) is 8.98 Å². The van der Waals surface area contributed by atoms with Gasteiger partial charge in [0, 0.05) is 18.2 Å². The first kappa shape index (κ1) is 17.5. The van der Waals surface area contributed by atoms with Crippen LogP contribution in [0.3, 0.4) is 0 Å². The maximum Gasteiger partial charge on any atom is 0.264 e. The molecule has 0 aliphatic carbocycles. The van der Waals surface area contributed by atoms with E-state index in [4.69, 9.17) is 4.74 Å². The van der Waals surface area contributed by atoms with Gasteiger partial charge in [-0.15, -0.1) is 0 Å². The predicted octanol–water partition coefficient (Wildman–Crippen LogP) is 1.35. The highest BCUT2D eigenvalue weighted by Crippen LogP contribution is 2.24. The lowest BCUT2D eigenvalue weighted by atomic mass is 10.00. The van der Waals surface area contributed by atoms with Crippen LogP contribution < -0.4 is 10.1 Å². The molecular formula is C14H21NO5S. The maximum atomic E-state index is 11.9. The van der Waals surface area contributed by atoms with E-state index in [0.717, 1.165) is 11.8 Å². The molecule has 0 atom stereocenters. The van der Waals surface area contributed by atoms with Crippen molar-refractivity contribution in [2.45, 2.75) is 19.3 Å². The Morgan fingerprint density at radius 1 is 1.29 bits per heavy atom. The van der Waals surface area contributed by atoms with E-state index in [2.05, 4.69) is 9.50 Å². The minimum atomic E-state index is -3.40. The molecule has 0 spiro atoms. The van der Waals surface area contributed by atoms with Crippen LogP contribution in [0.25, 0.3) is 0 Å². The Morgan fingerprint density at radius 2 is 2.00 bits per heavy atom. The normalized spacial score (nSPS) is 11.2. The van der Waals surface area contributed by atoms with Gasteiger partial charge >= 0.3 is 0 Å². The third-order valence-corrected chi connectivity index (χ3v) is 3.54. The number of hydrogen-bond acceptors (Lipinski definition) is 5. The highest BCUT2D eigenvalue weighted by Gasteiger charge is 2.14. The monoisotopic (exact) mass is 315 g/mol. The summed E-state index contributed by atoms with van der Waals surface area (Å²) in [6, 6.07) is 5.30. The number of hydrogen-bond donors (Lipinski definition) is 1. The molecule has 1 aromatic carbocycles. The second-order valence-electron chi connectivity index (χ2n) is 4.55. The van der Waals surface area contributed by atoms with Crippen molar-refractivity contribution in [3.63, 3.8) is 0 Å². The third-order valence-electron chi connectivity index (χ3n) is 2.94. The van der Waals surface area contributed by atoms with Gasteiger partial charge in [0.1, 0.15) is 5.75 Å². The lowest BCUT2D eigenvalue weighted by molar-refractivity contribution is 0.0961. The summed E-state index contributed by atoms with van der Waals surface area (Å²) in [7, 11) is -0.267. The third kappa shape index (κ3) is 5.73. The van der Waals surface area contributed by atoms with E-state index in [1.807, 2.05) is 0 Å². The minimum Gasteiger partial charge on any atom is -0.496 e. The van der Waals surface area contributed by atoms with Crippen LogP contribution in [0.5, 0.6) is 5.75 Å². The molecule has 1 amide bonds. The van der Waals surface area contributed by atoms with Crippen molar-refractivity contribution < 1.29 is 22.1 Å². The number of carbonyl (C=O) groups is 1. The Kier molecular flexibility index (Phi) is 6.64. The van der Waals surface area contributed by atoms with Gasteiger partial charge in [-0.2, -0.15) is 8.42 Å². The van der Waals surface area contributed by atoms with Crippen molar-refractivity contribution >= 4 is 16.0 Å². The van der Waals surface area contributed by atoms with Crippen molar-refractivity contribution in [2.75, 3.05) is 27.0 Å². The topological polar surface area (TPSA) is 81.7 Å². The molecule has 1 rings (SSSR count). The Morgan fingerprint density at radius 3 is 2.57 bits per heavy atom. The van der Waals surface area contributed by atoms with E-state index in [1.54, 1.807) is 32.4 Å². The highest BCUT2D eigenvalue weighted by atomic mass is 32.2. The summed E-state index contributed by atoms with van der Waals surface area (Å²) in [4.78, 5) is 11.9. The number of amides is 1. The summed E-state index contributed by atoms with van der Waals surface area (Å²) < 4.78 is 31.7. The average molecular weight is 315 g/mol.